The van der Waals surface area contributed by atoms with Crippen molar-refractivity contribution in [1.82, 2.24) is 5.32 Å². The summed E-state index contributed by atoms with van der Waals surface area (Å²) in [7, 11) is 0. The molecule has 1 amide bonds. The van der Waals surface area contributed by atoms with Crippen molar-refractivity contribution in [1.29, 1.82) is 0 Å². The zero-order valence-electron chi connectivity index (χ0n) is 17.8. The maximum Gasteiger partial charge on any atom is 0.308 e. The van der Waals surface area contributed by atoms with E-state index in [1.165, 1.54) is 0 Å². The van der Waals surface area contributed by atoms with E-state index >= 15 is 0 Å². The number of carbonyl (C=O) groups excluding carboxylic acids is 2. The number of benzene rings is 2. The molecule has 0 aliphatic carbocycles. The van der Waals surface area contributed by atoms with Crippen LogP contribution in [0.5, 0.6) is 0 Å². The number of carboxylic acids is 1. The number of hydrogen-bond donors (Lipinski definition) is 3. The van der Waals surface area contributed by atoms with Crippen molar-refractivity contribution in [3.63, 3.8) is 0 Å². The fraction of sp³-hybridized carbons (Fsp3) is 0.375. The van der Waals surface area contributed by atoms with Crippen LogP contribution in [-0.2, 0) is 25.5 Å². The number of amides is 1. The highest BCUT2D eigenvalue weighted by atomic mass is 32.1. The zero-order valence-corrected chi connectivity index (χ0v) is 18.7. The van der Waals surface area contributed by atoms with Crippen molar-refractivity contribution in [3.8, 4) is 11.1 Å². The summed E-state index contributed by atoms with van der Waals surface area (Å²) in [6.07, 6.45) is 0.190. The van der Waals surface area contributed by atoms with Crippen LogP contribution in [-0.4, -0.2) is 34.4 Å². The predicted octanol–water partition coefficient (Wildman–Crippen LogP) is 4.09. The van der Waals surface area contributed by atoms with Gasteiger partial charge in [-0.05, 0) is 30.0 Å². The molecule has 2 aromatic carbocycles. The highest BCUT2D eigenvalue weighted by Crippen LogP contribution is 2.28. The Balaban J connectivity index is 2.17. The van der Waals surface area contributed by atoms with Gasteiger partial charge < -0.3 is 15.2 Å². The first-order valence-corrected chi connectivity index (χ1v) is 10.7. The molecule has 2 N–H and O–H groups in total. The van der Waals surface area contributed by atoms with Gasteiger partial charge in [-0.25, -0.2) is 0 Å². The van der Waals surface area contributed by atoms with Gasteiger partial charge in [0, 0.05) is 12.8 Å². The summed E-state index contributed by atoms with van der Waals surface area (Å²) in [6, 6.07) is 17.9. The van der Waals surface area contributed by atoms with Crippen molar-refractivity contribution in [2.75, 3.05) is 6.61 Å². The maximum absolute atomic E-state index is 12.3. The van der Waals surface area contributed by atoms with Crippen molar-refractivity contribution in [2.24, 2.45) is 5.92 Å². The molecule has 2 aromatic rings. The zero-order chi connectivity index (χ0) is 22.9. The molecule has 0 saturated carbocycles. The number of carboxylic acid groups (broad SMARTS) is 1. The number of hydrogen-bond acceptors (Lipinski definition) is 5. The number of rotatable bonds is 11. The monoisotopic (exact) mass is 443 g/mol. The summed E-state index contributed by atoms with van der Waals surface area (Å²) < 4.78 is 5.09. The Labute approximate surface area is 188 Å². The van der Waals surface area contributed by atoms with Crippen LogP contribution in [0.3, 0.4) is 0 Å². The van der Waals surface area contributed by atoms with Gasteiger partial charge in [0.15, 0.2) is 0 Å². The molecule has 2 rings (SSSR count). The van der Waals surface area contributed by atoms with E-state index < -0.39 is 22.7 Å². The summed E-state index contributed by atoms with van der Waals surface area (Å²) in [6.45, 7) is 3.74. The number of aliphatic carboxylic acids is 1. The van der Waals surface area contributed by atoms with E-state index in [-0.39, 0.29) is 31.8 Å². The van der Waals surface area contributed by atoms with Gasteiger partial charge in [0.05, 0.1) is 23.8 Å². The van der Waals surface area contributed by atoms with Crippen LogP contribution in [0, 0.1) is 5.92 Å². The van der Waals surface area contributed by atoms with E-state index in [0.717, 1.165) is 16.7 Å². The third kappa shape index (κ3) is 8.09. The largest absolute Gasteiger partial charge is 0.481 e. The molecule has 0 aliphatic rings. The van der Waals surface area contributed by atoms with Gasteiger partial charge in [-0.3, -0.25) is 14.4 Å². The molecule has 0 heterocycles. The first-order chi connectivity index (χ1) is 14.7. The van der Waals surface area contributed by atoms with Crippen molar-refractivity contribution in [2.45, 2.75) is 44.4 Å². The first-order valence-electron chi connectivity index (χ1n) is 10.3. The van der Waals surface area contributed by atoms with Gasteiger partial charge in [0.1, 0.15) is 0 Å². The third-order valence-corrected chi connectivity index (χ3v) is 5.28. The molecule has 0 unspecified atom stereocenters. The fourth-order valence-electron chi connectivity index (χ4n) is 3.37. The second-order valence-electron chi connectivity index (χ2n) is 7.57. The summed E-state index contributed by atoms with van der Waals surface area (Å²) >= 11 is 4.72. The molecular weight excluding hydrogens is 414 g/mol. The smallest absolute Gasteiger partial charge is 0.308 e. The second-order valence-corrected chi connectivity index (χ2v) is 8.43. The Morgan fingerprint density at radius 1 is 1.03 bits per heavy atom. The lowest BCUT2D eigenvalue weighted by Crippen LogP contribution is -2.47. The normalized spacial score (nSPS) is 13.6. The second kappa shape index (κ2) is 11.6. The van der Waals surface area contributed by atoms with E-state index in [9.17, 15) is 14.4 Å². The highest BCUT2D eigenvalue weighted by molar-refractivity contribution is 7.81. The minimum atomic E-state index is -1.05. The number of nitrogens with one attached hydrogen (secondary N) is 1. The average Bonchev–Trinajstić information content (AvgIpc) is 2.73. The molecule has 0 saturated heterocycles. The van der Waals surface area contributed by atoms with Crippen LogP contribution >= 0.6 is 12.6 Å². The lowest BCUT2D eigenvalue weighted by atomic mass is 9.94. The molecule has 7 heteroatoms. The van der Waals surface area contributed by atoms with E-state index in [1.807, 2.05) is 54.6 Å². The van der Waals surface area contributed by atoms with Crippen molar-refractivity contribution < 1.29 is 24.2 Å². The summed E-state index contributed by atoms with van der Waals surface area (Å²) in [5.41, 5.74) is 3.10. The van der Waals surface area contributed by atoms with Crippen LogP contribution in [0.2, 0.25) is 0 Å². The van der Waals surface area contributed by atoms with E-state index in [1.54, 1.807) is 13.8 Å². The fourth-order valence-corrected chi connectivity index (χ4v) is 3.95. The minimum Gasteiger partial charge on any atom is -0.481 e. The topological polar surface area (TPSA) is 92.7 Å². The molecule has 0 fully saturated rings. The lowest BCUT2D eigenvalue weighted by Gasteiger charge is -2.32. The predicted molar refractivity (Wildman–Crippen MR) is 123 cm³/mol. The number of carbonyl (C=O) groups is 3. The number of ether oxygens (including phenoxy) is 1. The average molecular weight is 444 g/mol. The van der Waals surface area contributed by atoms with Gasteiger partial charge in [0.25, 0.3) is 0 Å². The quantitative estimate of drug-likeness (QED) is 0.276. The number of thiol groups is 1. The first kappa shape index (κ1) is 24.5. The summed E-state index contributed by atoms with van der Waals surface area (Å²) in [4.78, 5) is 34.2. The molecule has 2 atom stereocenters. The van der Waals surface area contributed by atoms with E-state index in [4.69, 9.17) is 22.5 Å². The molecule has 31 heavy (non-hydrogen) atoms. The van der Waals surface area contributed by atoms with Gasteiger partial charge in [0.2, 0.25) is 5.91 Å². The van der Waals surface area contributed by atoms with Crippen molar-refractivity contribution in [3.05, 3.63) is 60.2 Å². The third-order valence-electron chi connectivity index (χ3n) is 4.83. The molecule has 0 aromatic heterocycles. The minimum absolute atomic E-state index is 0.154. The van der Waals surface area contributed by atoms with E-state index in [2.05, 4.69) is 5.32 Å². The standard InChI is InChI=1S/C24H29NO5S/c1-3-30-23(29)17(2)15-24(31,25-21(26)13-14-22(27)28)16-18-9-11-20(12-10-18)19-7-5-4-6-8-19/h4-12,17,31H,3,13-16H2,1-2H3,(H,25,26)(H,27,28)/t17-,24+/m1/s1. The van der Waals surface area contributed by atoms with Crippen LogP contribution in [0.25, 0.3) is 11.1 Å². The molecule has 0 bridgehead atoms. The van der Waals surface area contributed by atoms with Crippen LogP contribution in [0.4, 0.5) is 0 Å². The summed E-state index contributed by atoms with van der Waals surface area (Å²) in [5, 5.41) is 11.7. The molecule has 0 aliphatic heterocycles. The molecule has 166 valence electrons. The summed E-state index contributed by atoms with van der Waals surface area (Å²) in [5.74, 6) is -2.31. The number of esters is 1. The Morgan fingerprint density at radius 3 is 2.23 bits per heavy atom. The van der Waals surface area contributed by atoms with Gasteiger partial charge >= 0.3 is 11.9 Å². The van der Waals surface area contributed by atoms with Crippen LogP contribution in [0.1, 0.15) is 38.7 Å². The van der Waals surface area contributed by atoms with Gasteiger partial charge in [-0.15, -0.1) is 0 Å². The Morgan fingerprint density at radius 2 is 1.65 bits per heavy atom. The Bertz CT molecular complexity index is 885. The van der Waals surface area contributed by atoms with Gasteiger partial charge in [-0.1, -0.05) is 61.5 Å². The Kier molecular flexibility index (Phi) is 9.12. The SMILES string of the molecule is CCOC(=O)[C@H](C)C[C@](S)(Cc1ccc(-c2ccccc2)cc1)NC(=O)CCC(=O)O. The molecular formula is C24H29NO5S. The van der Waals surface area contributed by atoms with Gasteiger partial charge in [-0.2, -0.15) is 12.6 Å². The molecule has 0 spiro atoms. The van der Waals surface area contributed by atoms with Crippen LogP contribution < -0.4 is 5.32 Å². The molecule has 6 nitrogen and oxygen atoms in total. The lowest BCUT2D eigenvalue weighted by molar-refractivity contribution is -0.148. The Hall–Kier alpha value is -2.80. The van der Waals surface area contributed by atoms with Crippen LogP contribution in [0.15, 0.2) is 54.6 Å². The highest BCUT2D eigenvalue weighted by Gasteiger charge is 2.33. The maximum atomic E-state index is 12.3. The molecule has 0 radical (unpaired) electrons. The van der Waals surface area contributed by atoms with Crippen molar-refractivity contribution >= 4 is 30.5 Å². The van der Waals surface area contributed by atoms with E-state index in [0.29, 0.717) is 6.42 Å².